The second-order valence-corrected chi connectivity index (χ2v) is 7.83. The van der Waals surface area contributed by atoms with Gasteiger partial charge in [-0.1, -0.05) is 24.3 Å². The summed E-state index contributed by atoms with van der Waals surface area (Å²) in [5.41, 5.74) is 1.92. The van der Waals surface area contributed by atoms with Crippen molar-refractivity contribution in [2.24, 2.45) is 0 Å². The van der Waals surface area contributed by atoms with E-state index in [0.717, 1.165) is 17.1 Å². The number of hydrogen-bond acceptors (Lipinski definition) is 6. The summed E-state index contributed by atoms with van der Waals surface area (Å²) in [4.78, 5) is 28.3. The lowest BCUT2D eigenvalue weighted by Crippen LogP contribution is -2.30. The van der Waals surface area contributed by atoms with Gasteiger partial charge in [-0.25, -0.2) is 0 Å². The number of furan rings is 1. The van der Waals surface area contributed by atoms with Gasteiger partial charge in [-0.2, -0.15) is 0 Å². The number of hydrogen-bond donors (Lipinski definition) is 0. The summed E-state index contributed by atoms with van der Waals surface area (Å²) in [6.45, 7) is 0.187. The van der Waals surface area contributed by atoms with Gasteiger partial charge in [0.15, 0.2) is 0 Å². The number of imide groups is 1. The number of benzene rings is 2. The zero-order valence-electron chi connectivity index (χ0n) is 17.2. The van der Waals surface area contributed by atoms with Crippen LogP contribution in [0.25, 0.3) is 5.57 Å². The van der Waals surface area contributed by atoms with E-state index < -0.39 is 0 Å². The van der Waals surface area contributed by atoms with Crippen LogP contribution in [0.5, 0.6) is 11.5 Å². The molecule has 0 bridgehead atoms. The number of amides is 2. The van der Waals surface area contributed by atoms with E-state index in [1.54, 1.807) is 50.8 Å². The molecule has 0 N–H and O–H groups in total. The van der Waals surface area contributed by atoms with Gasteiger partial charge in [-0.15, -0.1) is 11.8 Å². The molecule has 1 aliphatic heterocycles. The Morgan fingerprint density at radius 2 is 1.52 bits per heavy atom. The Balaban J connectivity index is 1.64. The number of nitrogens with zero attached hydrogens (tertiary/aromatic N) is 1. The Kier molecular flexibility index (Phi) is 6.13. The number of carbonyl (C=O) groups excluding carboxylic acids is 2. The standard InChI is InChI=1S/C24H21NO5S/c1-28-18-9-5-16(6-10-18)14-25-23(26)21(17-7-11-19(29-2)12-8-17)22(24(25)27)31-15-20-4-3-13-30-20/h3-13H,14-15H2,1-2H3. The van der Waals surface area contributed by atoms with Crippen LogP contribution in [0.1, 0.15) is 16.9 Å². The van der Waals surface area contributed by atoms with Crippen molar-refractivity contribution in [2.45, 2.75) is 12.3 Å². The van der Waals surface area contributed by atoms with Crippen molar-refractivity contribution in [1.82, 2.24) is 4.90 Å². The molecule has 2 heterocycles. The number of ether oxygens (including phenoxy) is 2. The lowest BCUT2D eigenvalue weighted by molar-refractivity contribution is -0.137. The molecule has 4 rings (SSSR count). The van der Waals surface area contributed by atoms with Crippen molar-refractivity contribution >= 4 is 29.1 Å². The first kappa shape index (κ1) is 20.8. The third-order valence-electron chi connectivity index (χ3n) is 4.94. The molecule has 0 fully saturated rings. The van der Waals surface area contributed by atoms with Crippen molar-refractivity contribution in [3.05, 3.63) is 88.7 Å². The highest BCUT2D eigenvalue weighted by Crippen LogP contribution is 2.38. The molecule has 0 aliphatic carbocycles. The lowest BCUT2D eigenvalue weighted by atomic mass is 10.1. The van der Waals surface area contributed by atoms with Crippen molar-refractivity contribution in [1.29, 1.82) is 0 Å². The minimum absolute atomic E-state index is 0.187. The normalized spacial score (nSPS) is 13.8. The van der Waals surface area contributed by atoms with Gasteiger partial charge in [0.25, 0.3) is 11.8 Å². The smallest absolute Gasteiger partial charge is 0.268 e. The summed E-state index contributed by atoms with van der Waals surface area (Å²) in [5.74, 6) is 1.98. The summed E-state index contributed by atoms with van der Waals surface area (Å²) >= 11 is 1.31. The second kappa shape index (κ2) is 9.14. The van der Waals surface area contributed by atoms with Gasteiger partial charge in [-0.3, -0.25) is 14.5 Å². The molecule has 0 spiro atoms. The average Bonchev–Trinajstić information content (AvgIpc) is 3.40. The van der Waals surface area contributed by atoms with Gasteiger partial charge < -0.3 is 13.9 Å². The summed E-state index contributed by atoms with van der Waals surface area (Å²) in [5, 5.41) is 0. The van der Waals surface area contributed by atoms with E-state index in [0.29, 0.717) is 27.5 Å². The fourth-order valence-corrected chi connectivity index (χ4v) is 4.33. The molecule has 7 heteroatoms. The first-order valence-corrected chi connectivity index (χ1v) is 10.6. The third-order valence-corrected chi connectivity index (χ3v) is 6.04. The molecule has 6 nitrogen and oxygen atoms in total. The van der Waals surface area contributed by atoms with Crippen LogP contribution in [0, 0.1) is 0 Å². The molecule has 0 radical (unpaired) electrons. The van der Waals surface area contributed by atoms with E-state index in [9.17, 15) is 9.59 Å². The SMILES string of the molecule is COc1ccc(CN2C(=O)C(SCc3ccco3)=C(c3ccc(OC)cc3)C2=O)cc1. The van der Waals surface area contributed by atoms with Crippen LogP contribution in [-0.4, -0.2) is 30.9 Å². The monoisotopic (exact) mass is 435 g/mol. The maximum Gasteiger partial charge on any atom is 0.268 e. The average molecular weight is 436 g/mol. The first-order chi connectivity index (χ1) is 15.1. The molecular formula is C24H21NO5S. The molecule has 0 atom stereocenters. The van der Waals surface area contributed by atoms with E-state index in [2.05, 4.69) is 0 Å². The minimum Gasteiger partial charge on any atom is -0.497 e. The Hall–Kier alpha value is -3.45. The zero-order valence-corrected chi connectivity index (χ0v) is 18.0. The topological polar surface area (TPSA) is 69.0 Å². The molecule has 0 unspecified atom stereocenters. The van der Waals surface area contributed by atoms with E-state index in [4.69, 9.17) is 13.9 Å². The molecule has 1 aliphatic rings. The maximum atomic E-state index is 13.3. The van der Waals surface area contributed by atoms with Crippen LogP contribution in [0.4, 0.5) is 0 Å². The summed E-state index contributed by atoms with van der Waals surface area (Å²) < 4.78 is 15.8. The Morgan fingerprint density at radius 1 is 0.871 bits per heavy atom. The van der Waals surface area contributed by atoms with Crippen molar-refractivity contribution < 1.29 is 23.5 Å². The van der Waals surface area contributed by atoms with E-state index in [-0.39, 0.29) is 18.4 Å². The zero-order chi connectivity index (χ0) is 21.8. The first-order valence-electron chi connectivity index (χ1n) is 9.63. The predicted octanol–water partition coefficient (Wildman–Crippen LogP) is 4.51. The fourth-order valence-electron chi connectivity index (χ4n) is 3.30. The summed E-state index contributed by atoms with van der Waals surface area (Å²) in [6.07, 6.45) is 1.59. The molecule has 1 aromatic heterocycles. The summed E-state index contributed by atoms with van der Waals surface area (Å²) in [7, 11) is 3.18. The minimum atomic E-state index is -0.312. The van der Waals surface area contributed by atoms with Gasteiger partial charge >= 0.3 is 0 Å². The Bertz CT molecular complexity index is 1100. The van der Waals surface area contributed by atoms with E-state index in [1.807, 2.05) is 30.3 Å². The molecule has 2 aromatic carbocycles. The molecule has 158 valence electrons. The van der Waals surface area contributed by atoms with Gasteiger partial charge in [0, 0.05) is 0 Å². The number of methoxy groups -OCH3 is 2. The van der Waals surface area contributed by atoms with E-state index in [1.165, 1.54) is 16.7 Å². The summed E-state index contributed by atoms with van der Waals surface area (Å²) in [6, 6.07) is 18.1. The van der Waals surface area contributed by atoms with Crippen LogP contribution in [0.15, 0.2) is 76.2 Å². The van der Waals surface area contributed by atoms with Gasteiger partial charge in [0.1, 0.15) is 17.3 Å². The second-order valence-electron chi connectivity index (χ2n) is 6.85. The van der Waals surface area contributed by atoms with Crippen LogP contribution in [-0.2, 0) is 21.9 Å². The van der Waals surface area contributed by atoms with Crippen molar-refractivity contribution in [3.8, 4) is 11.5 Å². The number of rotatable bonds is 8. The third kappa shape index (κ3) is 4.36. The highest BCUT2D eigenvalue weighted by atomic mass is 32.2. The van der Waals surface area contributed by atoms with Crippen LogP contribution in [0.2, 0.25) is 0 Å². The maximum absolute atomic E-state index is 13.3. The number of carbonyl (C=O) groups is 2. The van der Waals surface area contributed by atoms with Crippen LogP contribution >= 0.6 is 11.8 Å². The highest BCUT2D eigenvalue weighted by molar-refractivity contribution is 8.03. The molecule has 0 saturated carbocycles. The Labute approximate surface area is 184 Å². The molecule has 0 saturated heterocycles. The molecule has 31 heavy (non-hydrogen) atoms. The van der Waals surface area contributed by atoms with E-state index >= 15 is 0 Å². The van der Waals surface area contributed by atoms with Gasteiger partial charge in [-0.05, 0) is 47.5 Å². The van der Waals surface area contributed by atoms with Crippen molar-refractivity contribution in [2.75, 3.05) is 14.2 Å². The van der Waals surface area contributed by atoms with Crippen LogP contribution in [0.3, 0.4) is 0 Å². The Morgan fingerprint density at radius 3 is 2.10 bits per heavy atom. The molecular weight excluding hydrogens is 414 g/mol. The highest BCUT2D eigenvalue weighted by Gasteiger charge is 2.39. The predicted molar refractivity (Wildman–Crippen MR) is 118 cm³/mol. The van der Waals surface area contributed by atoms with Crippen molar-refractivity contribution in [3.63, 3.8) is 0 Å². The van der Waals surface area contributed by atoms with Crippen LogP contribution < -0.4 is 9.47 Å². The van der Waals surface area contributed by atoms with Gasteiger partial charge in [0.2, 0.25) is 0 Å². The van der Waals surface area contributed by atoms with Gasteiger partial charge in [0.05, 0.1) is 43.3 Å². The fraction of sp³-hybridized carbons (Fsp3) is 0.167. The largest absolute Gasteiger partial charge is 0.497 e. The quantitative estimate of drug-likeness (QED) is 0.485. The molecule has 3 aromatic rings. The lowest BCUT2D eigenvalue weighted by Gasteiger charge is -2.15. The number of thioether (sulfide) groups is 1. The molecule has 2 amide bonds.